The molecule has 1 aliphatic rings. The molecule has 0 saturated heterocycles. The molecule has 0 spiro atoms. The van der Waals surface area contributed by atoms with Crippen LogP contribution >= 0.6 is 11.6 Å². The van der Waals surface area contributed by atoms with E-state index in [-0.39, 0.29) is 17.3 Å². The van der Waals surface area contributed by atoms with Crippen molar-refractivity contribution in [2.45, 2.75) is 44.4 Å². The van der Waals surface area contributed by atoms with Crippen LogP contribution in [0.2, 0.25) is 5.02 Å². The predicted octanol–water partition coefficient (Wildman–Crippen LogP) is 5.17. The van der Waals surface area contributed by atoms with E-state index in [4.69, 9.17) is 16.7 Å². The van der Waals surface area contributed by atoms with E-state index < -0.39 is 5.97 Å². The van der Waals surface area contributed by atoms with E-state index in [1.54, 1.807) is 12.1 Å². The average molecular weight is 311 g/mol. The minimum absolute atomic E-state index is 0.175. The number of aliphatic carboxylic acids is 1. The summed E-state index contributed by atoms with van der Waals surface area (Å²) in [4.78, 5) is 10.4. The molecule has 1 aliphatic carbocycles. The Hall–Kier alpha value is -1.35. The topological polar surface area (TPSA) is 37.3 Å². The molecule has 4 heteroatoms. The SMILES string of the molecule is O=C(O)CCC=C[C@H]1CC[C@H](c2ccc(Cl)c(F)c2)CC1. The van der Waals surface area contributed by atoms with Crippen LogP contribution in [0.1, 0.15) is 50.0 Å². The first-order valence-electron chi connectivity index (χ1n) is 7.39. The second-order valence-corrected chi connectivity index (χ2v) is 6.05. The molecule has 21 heavy (non-hydrogen) atoms. The third kappa shape index (κ3) is 4.85. The molecule has 1 N–H and O–H groups in total. The predicted molar refractivity (Wildman–Crippen MR) is 82.1 cm³/mol. The van der Waals surface area contributed by atoms with Gasteiger partial charge in [-0.05, 0) is 61.6 Å². The highest BCUT2D eigenvalue weighted by Gasteiger charge is 2.21. The summed E-state index contributed by atoms with van der Waals surface area (Å²) in [5, 5.41) is 8.75. The molecule has 114 valence electrons. The maximum Gasteiger partial charge on any atom is 0.303 e. The molecule has 2 rings (SSSR count). The lowest BCUT2D eigenvalue weighted by molar-refractivity contribution is -0.136. The quantitative estimate of drug-likeness (QED) is 0.761. The van der Waals surface area contributed by atoms with Crippen LogP contribution in [0.3, 0.4) is 0 Å². The first kappa shape index (κ1) is 16.0. The molecule has 0 heterocycles. The Kier molecular flexibility index (Phi) is 5.80. The second kappa shape index (κ2) is 7.60. The molecular weight excluding hydrogens is 291 g/mol. The summed E-state index contributed by atoms with van der Waals surface area (Å²) in [6.07, 6.45) is 9.11. The van der Waals surface area contributed by atoms with Gasteiger partial charge in [0.2, 0.25) is 0 Å². The molecule has 1 saturated carbocycles. The van der Waals surface area contributed by atoms with Gasteiger partial charge in [0.15, 0.2) is 0 Å². The van der Waals surface area contributed by atoms with Gasteiger partial charge in [0, 0.05) is 6.42 Å². The highest BCUT2D eigenvalue weighted by Crippen LogP contribution is 2.37. The molecule has 0 radical (unpaired) electrons. The smallest absolute Gasteiger partial charge is 0.303 e. The highest BCUT2D eigenvalue weighted by molar-refractivity contribution is 6.30. The molecule has 1 aromatic rings. The fraction of sp³-hybridized carbons (Fsp3) is 0.471. The maximum absolute atomic E-state index is 13.5. The number of hydrogen-bond donors (Lipinski definition) is 1. The lowest BCUT2D eigenvalue weighted by Gasteiger charge is -2.27. The van der Waals surface area contributed by atoms with Gasteiger partial charge in [-0.15, -0.1) is 0 Å². The van der Waals surface area contributed by atoms with E-state index in [1.165, 1.54) is 0 Å². The molecule has 0 aromatic heterocycles. The van der Waals surface area contributed by atoms with Crippen molar-refractivity contribution in [1.29, 1.82) is 0 Å². The van der Waals surface area contributed by atoms with Crippen LogP contribution in [0.4, 0.5) is 4.39 Å². The Morgan fingerprint density at radius 3 is 2.67 bits per heavy atom. The standard InChI is InChI=1S/C17H20ClFO2/c18-15-10-9-14(11-16(15)19)13-7-5-12(6-8-13)3-1-2-4-17(20)21/h1,3,9-13H,2,4-8H2,(H,20,21)/t12-,13-. The summed E-state index contributed by atoms with van der Waals surface area (Å²) in [6, 6.07) is 5.10. The van der Waals surface area contributed by atoms with Gasteiger partial charge in [-0.1, -0.05) is 29.8 Å². The van der Waals surface area contributed by atoms with Crippen LogP contribution in [-0.4, -0.2) is 11.1 Å². The van der Waals surface area contributed by atoms with Crippen LogP contribution in [0.15, 0.2) is 30.4 Å². The van der Waals surface area contributed by atoms with Gasteiger partial charge in [-0.3, -0.25) is 4.79 Å². The number of halogens is 2. The normalized spacial score (nSPS) is 22.6. The lowest BCUT2D eigenvalue weighted by Crippen LogP contribution is -2.12. The highest BCUT2D eigenvalue weighted by atomic mass is 35.5. The number of allylic oxidation sites excluding steroid dienone is 2. The zero-order chi connectivity index (χ0) is 15.2. The van der Waals surface area contributed by atoms with E-state index >= 15 is 0 Å². The van der Waals surface area contributed by atoms with Crippen molar-refractivity contribution < 1.29 is 14.3 Å². The Bertz CT molecular complexity index is 520. The van der Waals surface area contributed by atoms with Gasteiger partial charge in [0.25, 0.3) is 0 Å². The minimum atomic E-state index is -0.756. The molecular formula is C17H20ClFO2. The Balaban J connectivity index is 1.82. The number of rotatable bonds is 5. The molecule has 1 fully saturated rings. The fourth-order valence-corrected chi connectivity index (χ4v) is 3.02. The lowest BCUT2D eigenvalue weighted by atomic mass is 9.78. The first-order chi connectivity index (χ1) is 10.1. The summed E-state index contributed by atoms with van der Waals surface area (Å²) in [5.41, 5.74) is 1.03. The van der Waals surface area contributed by atoms with Crippen LogP contribution in [0.25, 0.3) is 0 Å². The van der Waals surface area contributed by atoms with Crippen LogP contribution in [0.5, 0.6) is 0 Å². The zero-order valence-electron chi connectivity index (χ0n) is 11.9. The molecule has 0 amide bonds. The number of carbonyl (C=O) groups is 1. The van der Waals surface area contributed by atoms with Crippen LogP contribution in [0, 0.1) is 11.7 Å². The van der Waals surface area contributed by atoms with Gasteiger partial charge in [0.1, 0.15) is 5.82 Å². The van der Waals surface area contributed by atoms with Crippen molar-refractivity contribution in [3.63, 3.8) is 0 Å². The van der Waals surface area contributed by atoms with Gasteiger partial charge in [0.05, 0.1) is 5.02 Å². The summed E-state index contributed by atoms with van der Waals surface area (Å²) in [6.45, 7) is 0. The summed E-state index contributed by atoms with van der Waals surface area (Å²) in [5.74, 6) is -0.175. The van der Waals surface area contributed by atoms with Crippen LogP contribution in [-0.2, 0) is 4.79 Å². The van der Waals surface area contributed by atoms with E-state index in [9.17, 15) is 9.18 Å². The van der Waals surface area contributed by atoms with Crippen molar-refractivity contribution in [2.24, 2.45) is 5.92 Å². The van der Waals surface area contributed by atoms with Crippen molar-refractivity contribution in [3.05, 3.63) is 46.8 Å². The van der Waals surface area contributed by atoms with Gasteiger partial charge >= 0.3 is 5.97 Å². The van der Waals surface area contributed by atoms with E-state index in [0.29, 0.717) is 18.3 Å². The van der Waals surface area contributed by atoms with E-state index in [0.717, 1.165) is 31.2 Å². The van der Waals surface area contributed by atoms with Crippen molar-refractivity contribution in [1.82, 2.24) is 0 Å². The Morgan fingerprint density at radius 1 is 1.33 bits per heavy atom. The number of carboxylic acid groups (broad SMARTS) is 1. The largest absolute Gasteiger partial charge is 0.481 e. The summed E-state index contributed by atoms with van der Waals surface area (Å²) < 4.78 is 13.5. The molecule has 0 unspecified atom stereocenters. The maximum atomic E-state index is 13.5. The average Bonchev–Trinajstić information content (AvgIpc) is 2.47. The third-order valence-corrected chi connectivity index (χ3v) is 4.43. The summed E-state index contributed by atoms with van der Waals surface area (Å²) >= 11 is 5.71. The van der Waals surface area contributed by atoms with Crippen molar-refractivity contribution in [2.75, 3.05) is 0 Å². The van der Waals surface area contributed by atoms with E-state index in [1.807, 2.05) is 12.1 Å². The molecule has 0 aliphatic heterocycles. The molecule has 1 aromatic carbocycles. The van der Waals surface area contributed by atoms with Crippen molar-refractivity contribution >= 4 is 17.6 Å². The van der Waals surface area contributed by atoms with Gasteiger partial charge in [-0.25, -0.2) is 4.39 Å². The Morgan fingerprint density at radius 2 is 2.05 bits per heavy atom. The monoisotopic (exact) mass is 310 g/mol. The van der Waals surface area contributed by atoms with Gasteiger partial charge < -0.3 is 5.11 Å². The number of hydrogen-bond acceptors (Lipinski definition) is 1. The molecule has 2 nitrogen and oxygen atoms in total. The van der Waals surface area contributed by atoms with Crippen LogP contribution < -0.4 is 0 Å². The fourth-order valence-electron chi connectivity index (χ4n) is 2.91. The molecule has 0 bridgehead atoms. The third-order valence-electron chi connectivity index (χ3n) is 4.12. The minimum Gasteiger partial charge on any atom is -0.481 e. The van der Waals surface area contributed by atoms with E-state index in [2.05, 4.69) is 6.08 Å². The first-order valence-corrected chi connectivity index (χ1v) is 7.77. The number of benzene rings is 1. The van der Waals surface area contributed by atoms with Gasteiger partial charge in [-0.2, -0.15) is 0 Å². The zero-order valence-corrected chi connectivity index (χ0v) is 12.7. The number of carboxylic acids is 1. The second-order valence-electron chi connectivity index (χ2n) is 5.65. The molecule has 0 atom stereocenters. The van der Waals surface area contributed by atoms with Crippen molar-refractivity contribution in [3.8, 4) is 0 Å². The summed E-state index contributed by atoms with van der Waals surface area (Å²) in [7, 11) is 0. The Labute approximate surface area is 129 Å².